The minimum atomic E-state index is -4.19. The molecule has 1 fully saturated rings. The molecule has 1 aromatic carbocycles. The van der Waals surface area contributed by atoms with E-state index >= 15 is 0 Å². The Morgan fingerprint density at radius 2 is 2.00 bits per heavy atom. The Hall–Kier alpha value is -1.28. The number of nitrogens with zero attached hydrogens (tertiary/aromatic N) is 2. The number of rotatable bonds is 5. The molecule has 140 valence electrons. The number of carbonyl (C=O) groups excluding carboxylic acids is 1. The topological polar surface area (TPSA) is 32.8 Å². The predicted octanol–water partition coefficient (Wildman–Crippen LogP) is 3.49. The van der Waals surface area contributed by atoms with Gasteiger partial charge in [0.1, 0.15) is 5.75 Å². The lowest BCUT2D eigenvalue weighted by atomic mass is 10.1. The number of hydrogen-bond acceptors (Lipinski definition) is 3. The minimum Gasteiger partial charge on any atom is -0.496 e. The summed E-state index contributed by atoms with van der Waals surface area (Å²) in [6.07, 6.45) is -2.70. The Morgan fingerprint density at radius 1 is 1.24 bits per heavy atom. The van der Waals surface area contributed by atoms with Gasteiger partial charge in [0.05, 0.1) is 18.1 Å². The summed E-state index contributed by atoms with van der Waals surface area (Å²) in [6, 6.07) is 5.66. The van der Waals surface area contributed by atoms with Crippen molar-refractivity contribution in [1.82, 2.24) is 9.80 Å². The molecule has 0 N–H and O–H groups in total. The van der Waals surface area contributed by atoms with Crippen LogP contribution in [0.2, 0.25) is 0 Å². The summed E-state index contributed by atoms with van der Waals surface area (Å²) in [5.41, 5.74) is 1.01. The van der Waals surface area contributed by atoms with Gasteiger partial charge in [-0.1, -0.05) is 6.07 Å². The number of methoxy groups -OCH3 is 1. The summed E-state index contributed by atoms with van der Waals surface area (Å²) in [4.78, 5) is 15.4. The van der Waals surface area contributed by atoms with Gasteiger partial charge in [0, 0.05) is 32.6 Å². The molecule has 1 heterocycles. The van der Waals surface area contributed by atoms with Gasteiger partial charge in [0.2, 0.25) is 5.91 Å². The first-order chi connectivity index (χ1) is 11.8. The van der Waals surface area contributed by atoms with E-state index in [1.807, 2.05) is 18.2 Å². The highest BCUT2D eigenvalue weighted by molar-refractivity contribution is 9.10. The molecule has 0 spiro atoms. The summed E-state index contributed by atoms with van der Waals surface area (Å²) in [7, 11) is 1.59. The molecule has 1 aliphatic heterocycles. The predicted molar refractivity (Wildman–Crippen MR) is 92.7 cm³/mol. The van der Waals surface area contributed by atoms with Crippen LogP contribution in [0.3, 0.4) is 0 Å². The third-order valence-corrected chi connectivity index (χ3v) is 4.81. The second kappa shape index (κ2) is 8.89. The zero-order chi connectivity index (χ0) is 18.4. The van der Waals surface area contributed by atoms with Crippen molar-refractivity contribution < 1.29 is 22.7 Å². The van der Waals surface area contributed by atoms with E-state index in [2.05, 4.69) is 15.9 Å². The first-order valence-corrected chi connectivity index (χ1v) is 8.97. The van der Waals surface area contributed by atoms with Gasteiger partial charge in [-0.25, -0.2) is 0 Å². The van der Waals surface area contributed by atoms with Crippen LogP contribution < -0.4 is 4.74 Å². The maximum absolute atomic E-state index is 12.5. The van der Waals surface area contributed by atoms with Crippen molar-refractivity contribution >= 4 is 21.8 Å². The van der Waals surface area contributed by atoms with Crippen LogP contribution in [-0.4, -0.2) is 61.7 Å². The summed E-state index contributed by atoms with van der Waals surface area (Å²) < 4.78 is 43.5. The molecule has 25 heavy (non-hydrogen) atoms. The SMILES string of the molecule is COc1ccc(CCC(=O)N2CCCN(CC(F)(F)F)CC2)cc1Br. The fraction of sp³-hybridized carbons (Fsp3) is 0.588. The lowest BCUT2D eigenvalue weighted by Crippen LogP contribution is -2.38. The fourth-order valence-electron chi connectivity index (χ4n) is 2.91. The van der Waals surface area contributed by atoms with E-state index in [1.54, 1.807) is 12.0 Å². The van der Waals surface area contributed by atoms with Crippen molar-refractivity contribution in [2.75, 3.05) is 39.8 Å². The fourth-order valence-corrected chi connectivity index (χ4v) is 3.49. The Bertz CT molecular complexity index is 596. The van der Waals surface area contributed by atoms with E-state index in [1.165, 1.54) is 4.90 Å². The molecule has 1 aromatic rings. The Morgan fingerprint density at radius 3 is 2.64 bits per heavy atom. The highest BCUT2D eigenvalue weighted by Gasteiger charge is 2.31. The zero-order valence-corrected chi connectivity index (χ0v) is 15.7. The number of carbonyl (C=O) groups is 1. The van der Waals surface area contributed by atoms with Crippen molar-refractivity contribution in [2.24, 2.45) is 0 Å². The van der Waals surface area contributed by atoms with Gasteiger partial charge >= 0.3 is 6.18 Å². The molecule has 0 atom stereocenters. The molecule has 4 nitrogen and oxygen atoms in total. The van der Waals surface area contributed by atoms with Crippen LogP contribution in [-0.2, 0) is 11.2 Å². The molecule has 1 aliphatic rings. The van der Waals surface area contributed by atoms with Crippen LogP contribution in [0.5, 0.6) is 5.75 Å². The molecule has 0 saturated carbocycles. The molecular formula is C17H22BrF3N2O2. The first-order valence-electron chi connectivity index (χ1n) is 8.18. The van der Waals surface area contributed by atoms with E-state index in [-0.39, 0.29) is 12.5 Å². The van der Waals surface area contributed by atoms with Crippen LogP contribution in [0.1, 0.15) is 18.4 Å². The zero-order valence-electron chi connectivity index (χ0n) is 14.1. The molecule has 0 bridgehead atoms. The number of hydrogen-bond donors (Lipinski definition) is 0. The standard InChI is InChI=1S/C17H22BrF3N2O2/c1-25-15-5-3-13(11-14(15)18)4-6-16(24)23-8-2-7-22(9-10-23)12-17(19,20)21/h3,5,11H,2,4,6-10,12H2,1H3. The van der Waals surface area contributed by atoms with Gasteiger partial charge in [-0.3, -0.25) is 9.69 Å². The molecular weight excluding hydrogens is 401 g/mol. The number of aryl methyl sites for hydroxylation is 1. The van der Waals surface area contributed by atoms with Gasteiger partial charge in [-0.15, -0.1) is 0 Å². The van der Waals surface area contributed by atoms with Crippen molar-refractivity contribution in [3.63, 3.8) is 0 Å². The smallest absolute Gasteiger partial charge is 0.401 e. The molecule has 1 amide bonds. The van der Waals surface area contributed by atoms with Crippen LogP contribution >= 0.6 is 15.9 Å². The van der Waals surface area contributed by atoms with Crippen LogP contribution in [0.25, 0.3) is 0 Å². The van der Waals surface area contributed by atoms with E-state index < -0.39 is 12.7 Å². The van der Waals surface area contributed by atoms with Gasteiger partial charge in [0.15, 0.2) is 0 Å². The number of ether oxygens (including phenoxy) is 1. The Balaban J connectivity index is 1.83. The Labute approximate surface area is 154 Å². The second-order valence-corrected chi connectivity index (χ2v) is 6.95. The van der Waals surface area contributed by atoms with Crippen LogP contribution in [0.4, 0.5) is 13.2 Å². The maximum atomic E-state index is 12.5. The van der Waals surface area contributed by atoms with Crippen LogP contribution in [0.15, 0.2) is 22.7 Å². The summed E-state index contributed by atoms with van der Waals surface area (Å²) in [5, 5.41) is 0. The van der Waals surface area contributed by atoms with E-state index in [4.69, 9.17) is 4.74 Å². The molecule has 2 rings (SSSR count). The number of alkyl halides is 3. The summed E-state index contributed by atoms with van der Waals surface area (Å²) >= 11 is 3.41. The van der Waals surface area contributed by atoms with E-state index in [0.717, 1.165) is 15.8 Å². The average Bonchev–Trinajstić information content (AvgIpc) is 2.76. The average molecular weight is 423 g/mol. The molecule has 0 aromatic heterocycles. The minimum absolute atomic E-state index is 0.0131. The molecule has 0 unspecified atom stereocenters. The van der Waals surface area contributed by atoms with E-state index in [0.29, 0.717) is 38.9 Å². The highest BCUT2D eigenvalue weighted by Crippen LogP contribution is 2.26. The number of halogens is 4. The summed E-state index contributed by atoms with van der Waals surface area (Å²) in [5.74, 6) is 0.716. The molecule has 0 radical (unpaired) electrons. The van der Waals surface area contributed by atoms with Gasteiger partial charge in [0.25, 0.3) is 0 Å². The quantitative estimate of drug-likeness (QED) is 0.727. The van der Waals surface area contributed by atoms with Gasteiger partial charge in [-0.05, 0) is 46.5 Å². The van der Waals surface area contributed by atoms with Gasteiger partial charge < -0.3 is 9.64 Å². The van der Waals surface area contributed by atoms with Crippen LogP contribution in [0, 0.1) is 0 Å². The maximum Gasteiger partial charge on any atom is 0.401 e. The summed E-state index contributed by atoms with van der Waals surface area (Å²) in [6.45, 7) is 0.587. The Kier molecular flexibility index (Phi) is 7.13. The van der Waals surface area contributed by atoms with Gasteiger partial charge in [-0.2, -0.15) is 13.2 Å². The van der Waals surface area contributed by atoms with Crippen molar-refractivity contribution in [2.45, 2.75) is 25.4 Å². The highest BCUT2D eigenvalue weighted by atomic mass is 79.9. The van der Waals surface area contributed by atoms with Crippen molar-refractivity contribution in [1.29, 1.82) is 0 Å². The lowest BCUT2D eigenvalue weighted by Gasteiger charge is -2.22. The second-order valence-electron chi connectivity index (χ2n) is 6.09. The third kappa shape index (κ3) is 6.51. The molecule has 0 aliphatic carbocycles. The number of benzene rings is 1. The van der Waals surface area contributed by atoms with E-state index in [9.17, 15) is 18.0 Å². The number of amides is 1. The normalized spacial score (nSPS) is 16.6. The largest absolute Gasteiger partial charge is 0.496 e. The first kappa shape index (κ1) is 20.0. The molecule has 8 heteroatoms. The monoisotopic (exact) mass is 422 g/mol. The lowest BCUT2D eigenvalue weighted by molar-refractivity contribution is -0.145. The third-order valence-electron chi connectivity index (χ3n) is 4.19. The van der Waals surface area contributed by atoms with Crippen molar-refractivity contribution in [3.05, 3.63) is 28.2 Å². The van der Waals surface area contributed by atoms with Crippen molar-refractivity contribution in [3.8, 4) is 5.75 Å². The molecule has 1 saturated heterocycles.